The average molecular weight is 454 g/mol. The highest BCUT2D eigenvalue weighted by molar-refractivity contribution is 14.0. The van der Waals surface area contributed by atoms with Gasteiger partial charge in [-0.3, -0.25) is 4.99 Å². The lowest BCUT2D eigenvalue weighted by Gasteiger charge is -2.12. The van der Waals surface area contributed by atoms with Gasteiger partial charge in [-0.1, -0.05) is 0 Å². The molecule has 6 nitrogen and oxygen atoms in total. The van der Waals surface area contributed by atoms with E-state index in [1.54, 1.807) is 18.4 Å². The summed E-state index contributed by atoms with van der Waals surface area (Å²) in [7, 11) is 1.78. The van der Waals surface area contributed by atoms with Gasteiger partial charge in [0.25, 0.3) is 0 Å². The summed E-state index contributed by atoms with van der Waals surface area (Å²) in [5, 5.41) is 6.59. The molecular weight excluding hydrogens is 427 g/mol. The van der Waals surface area contributed by atoms with Crippen LogP contribution in [0.5, 0.6) is 0 Å². The molecule has 1 atom stereocenters. The van der Waals surface area contributed by atoms with Crippen molar-refractivity contribution >= 4 is 41.3 Å². The van der Waals surface area contributed by atoms with Gasteiger partial charge in [-0.2, -0.15) is 0 Å². The molecule has 132 valence electrons. The second-order valence-corrected chi connectivity index (χ2v) is 6.22. The molecule has 0 bridgehead atoms. The summed E-state index contributed by atoms with van der Waals surface area (Å²) in [5.74, 6) is 0.812. The summed E-state index contributed by atoms with van der Waals surface area (Å²) < 4.78 is 11.2. The first kappa shape index (κ1) is 20.6. The largest absolute Gasteiger partial charge is 0.379 e. The van der Waals surface area contributed by atoms with Gasteiger partial charge in [-0.05, 0) is 26.2 Å². The van der Waals surface area contributed by atoms with Crippen molar-refractivity contribution in [3.63, 3.8) is 0 Å². The van der Waals surface area contributed by atoms with Crippen molar-refractivity contribution in [2.75, 3.05) is 33.4 Å². The minimum Gasteiger partial charge on any atom is -0.379 e. The maximum Gasteiger partial charge on any atom is 0.191 e. The molecule has 0 spiro atoms. The summed E-state index contributed by atoms with van der Waals surface area (Å²) in [5.41, 5.74) is 2.95. The number of aliphatic imine (C=N–C) groups is 1. The molecule has 2 N–H and O–H groups in total. The highest BCUT2D eigenvalue weighted by Gasteiger charge is 2.14. The Morgan fingerprint density at radius 2 is 2.39 bits per heavy atom. The van der Waals surface area contributed by atoms with Crippen molar-refractivity contribution in [3.8, 4) is 0 Å². The molecule has 0 aromatic carbocycles. The number of hydrogen-bond acceptors (Lipinski definition) is 5. The molecule has 23 heavy (non-hydrogen) atoms. The van der Waals surface area contributed by atoms with Crippen molar-refractivity contribution < 1.29 is 9.47 Å². The summed E-state index contributed by atoms with van der Waals surface area (Å²) in [6.45, 7) is 5.97. The van der Waals surface area contributed by atoms with Crippen molar-refractivity contribution in [2.45, 2.75) is 38.8 Å². The monoisotopic (exact) mass is 454 g/mol. The Labute approximate surface area is 159 Å². The van der Waals surface area contributed by atoms with Crippen molar-refractivity contribution in [3.05, 3.63) is 16.1 Å². The van der Waals surface area contributed by atoms with Crippen molar-refractivity contribution in [1.82, 2.24) is 15.6 Å². The lowest BCUT2D eigenvalue weighted by atomic mass is 10.2. The molecule has 1 fully saturated rings. The molecule has 0 saturated carbocycles. The summed E-state index contributed by atoms with van der Waals surface area (Å²) >= 11 is 1.66. The highest BCUT2D eigenvalue weighted by Crippen LogP contribution is 2.12. The van der Waals surface area contributed by atoms with E-state index in [-0.39, 0.29) is 24.0 Å². The Kier molecular flexibility index (Phi) is 10.7. The van der Waals surface area contributed by atoms with Crippen LogP contribution < -0.4 is 10.6 Å². The zero-order valence-electron chi connectivity index (χ0n) is 13.8. The van der Waals surface area contributed by atoms with Crippen LogP contribution in [0.3, 0.4) is 0 Å². The lowest BCUT2D eigenvalue weighted by molar-refractivity contribution is 0.0168. The predicted octanol–water partition coefficient (Wildman–Crippen LogP) is 2.32. The molecule has 2 rings (SSSR count). The Morgan fingerprint density at radius 3 is 3.04 bits per heavy atom. The Bertz CT molecular complexity index is 464. The third-order valence-electron chi connectivity index (χ3n) is 3.57. The number of thiazole rings is 1. The second-order valence-electron chi connectivity index (χ2n) is 5.28. The van der Waals surface area contributed by atoms with Crippen LogP contribution in [0.1, 0.15) is 29.8 Å². The van der Waals surface area contributed by atoms with E-state index < -0.39 is 0 Å². The zero-order valence-corrected chi connectivity index (χ0v) is 17.0. The van der Waals surface area contributed by atoms with E-state index in [1.807, 2.05) is 12.4 Å². The quantitative estimate of drug-likeness (QED) is 0.273. The first-order valence-electron chi connectivity index (χ1n) is 7.82. The fraction of sp³-hybridized carbons (Fsp3) is 0.733. The molecule has 0 aliphatic carbocycles. The van der Waals surface area contributed by atoms with Gasteiger partial charge in [0.1, 0.15) is 0 Å². The first-order chi connectivity index (χ1) is 10.8. The van der Waals surface area contributed by atoms with E-state index in [0.717, 1.165) is 63.8 Å². The van der Waals surface area contributed by atoms with E-state index in [0.29, 0.717) is 6.10 Å². The lowest BCUT2D eigenvalue weighted by Crippen LogP contribution is -2.37. The summed E-state index contributed by atoms with van der Waals surface area (Å²) in [4.78, 5) is 9.69. The zero-order chi connectivity index (χ0) is 15.6. The van der Waals surface area contributed by atoms with Crippen LogP contribution in [0.15, 0.2) is 10.5 Å². The predicted molar refractivity (Wildman–Crippen MR) is 105 cm³/mol. The fourth-order valence-corrected chi connectivity index (χ4v) is 2.97. The number of aromatic nitrogens is 1. The molecule has 0 radical (unpaired) electrons. The maximum atomic E-state index is 5.64. The number of nitrogens with zero attached hydrogens (tertiary/aromatic N) is 2. The maximum absolute atomic E-state index is 5.64. The average Bonchev–Trinajstić information content (AvgIpc) is 3.17. The van der Waals surface area contributed by atoms with Gasteiger partial charge in [0.2, 0.25) is 0 Å². The topological polar surface area (TPSA) is 67.8 Å². The van der Waals surface area contributed by atoms with Crippen LogP contribution in [0, 0.1) is 6.92 Å². The van der Waals surface area contributed by atoms with Crippen LogP contribution in [-0.2, 0) is 16.0 Å². The third kappa shape index (κ3) is 7.77. The SMILES string of the molecule is CN=C(NCCCOCC1CCCO1)NCc1scnc1C.I. The molecule has 8 heteroatoms. The van der Waals surface area contributed by atoms with E-state index >= 15 is 0 Å². The molecule has 1 aliphatic heterocycles. The fourth-order valence-electron chi connectivity index (χ4n) is 2.25. The Hall–Kier alpha value is -0.450. The first-order valence-corrected chi connectivity index (χ1v) is 8.70. The molecule has 1 saturated heterocycles. The Balaban J connectivity index is 0.00000264. The number of aryl methyl sites for hydroxylation is 1. The number of ether oxygens (including phenoxy) is 2. The second kappa shape index (κ2) is 12.0. The van der Waals surface area contributed by atoms with Crippen LogP contribution in [0.4, 0.5) is 0 Å². The van der Waals surface area contributed by atoms with Gasteiger partial charge in [-0.15, -0.1) is 35.3 Å². The molecule has 1 aromatic heterocycles. The minimum atomic E-state index is 0. The molecular formula is C15H27IN4O2S. The van der Waals surface area contributed by atoms with E-state index in [9.17, 15) is 0 Å². The number of guanidine groups is 1. The molecule has 2 heterocycles. The van der Waals surface area contributed by atoms with Crippen molar-refractivity contribution in [1.29, 1.82) is 0 Å². The van der Waals surface area contributed by atoms with Crippen LogP contribution in [0.25, 0.3) is 0 Å². The number of rotatable bonds is 8. The summed E-state index contributed by atoms with van der Waals surface area (Å²) in [6.07, 6.45) is 3.56. The van der Waals surface area contributed by atoms with Crippen LogP contribution in [0.2, 0.25) is 0 Å². The molecule has 0 amide bonds. The standard InChI is InChI=1S/C15H26N4O2S.HI/c1-12-14(22-11-19-12)9-18-15(16-2)17-6-4-7-20-10-13-5-3-8-21-13;/h11,13H,3-10H2,1-2H3,(H2,16,17,18);1H. The van der Waals surface area contributed by atoms with Gasteiger partial charge in [0, 0.05) is 31.7 Å². The number of hydrogen-bond donors (Lipinski definition) is 2. The van der Waals surface area contributed by atoms with E-state index in [4.69, 9.17) is 9.47 Å². The van der Waals surface area contributed by atoms with Gasteiger partial charge in [-0.25, -0.2) is 4.98 Å². The third-order valence-corrected chi connectivity index (χ3v) is 4.51. The van der Waals surface area contributed by atoms with Crippen LogP contribution in [-0.4, -0.2) is 50.5 Å². The van der Waals surface area contributed by atoms with Crippen molar-refractivity contribution in [2.24, 2.45) is 4.99 Å². The van der Waals surface area contributed by atoms with Gasteiger partial charge < -0.3 is 20.1 Å². The molecule has 1 unspecified atom stereocenters. The normalized spacial score (nSPS) is 17.8. The van der Waals surface area contributed by atoms with Gasteiger partial charge >= 0.3 is 0 Å². The molecule has 1 aliphatic rings. The van der Waals surface area contributed by atoms with E-state index in [1.165, 1.54) is 4.88 Å². The highest BCUT2D eigenvalue weighted by atomic mass is 127. The number of nitrogens with one attached hydrogen (secondary N) is 2. The number of halogens is 1. The Morgan fingerprint density at radius 1 is 1.52 bits per heavy atom. The van der Waals surface area contributed by atoms with Crippen LogP contribution >= 0.6 is 35.3 Å². The summed E-state index contributed by atoms with van der Waals surface area (Å²) in [6, 6.07) is 0. The van der Waals surface area contributed by atoms with Gasteiger partial charge in [0.05, 0.1) is 30.5 Å². The van der Waals surface area contributed by atoms with E-state index in [2.05, 4.69) is 20.6 Å². The minimum absolute atomic E-state index is 0. The molecule has 1 aromatic rings. The smallest absolute Gasteiger partial charge is 0.191 e. The van der Waals surface area contributed by atoms with Gasteiger partial charge in [0.15, 0.2) is 5.96 Å².